The maximum absolute atomic E-state index is 11.0. The number of hydrogen-bond donors (Lipinski definition) is 3. The zero-order chi connectivity index (χ0) is 15.9. The quantitative estimate of drug-likeness (QED) is 0.386. The molecule has 0 saturated carbocycles. The van der Waals surface area contributed by atoms with Crippen LogP contribution >= 0.6 is 11.6 Å². The van der Waals surface area contributed by atoms with Crippen LogP contribution in [0.25, 0.3) is 0 Å². The van der Waals surface area contributed by atoms with Gasteiger partial charge in [0.1, 0.15) is 11.9 Å². The van der Waals surface area contributed by atoms with Crippen LogP contribution in [0.15, 0.2) is 30.4 Å². The van der Waals surface area contributed by atoms with Crippen molar-refractivity contribution >= 4 is 23.4 Å². The highest BCUT2D eigenvalue weighted by Gasteiger charge is 2.23. The van der Waals surface area contributed by atoms with Crippen LogP contribution in [0.1, 0.15) is 12.8 Å². The molecule has 2 rings (SSSR count). The summed E-state index contributed by atoms with van der Waals surface area (Å²) < 4.78 is 5.02. The van der Waals surface area contributed by atoms with E-state index in [1.807, 2.05) is 0 Å². The third-order valence-corrected chi connectivity index (χ3v) is 3.00. The predicted octanol–water partition coefficient (Wildman–Crippen LogP) is 1.02. The number of nitrogens with one attached hydrogen (secondary N) is 3. The lowest BCUT2D eigenvalue weighted by Gasteiger charge is -2.15. The molecule has 0 bridgehead atoms. The molecule has 0 radical (unpaired) electrons. The summed E-state index contributed by atoms with van der Waals surface area (Å²) in [5.41, 5.74) is 5.33. The third kappa shape index (κ3) is 5.09. The Bertz CT molecular complexity index is 577. The van der Waals surface area contributed by atoms with Crippen molar-refractivity contribution in [1.29, 1.82) is 0 Å². The van der Waals surface area contributed by atoms with Gasteiger partial charge in [-0.05, 0) is 18.6 Å². The minimum atomic E-state index is -0.604. The molecule has 1 aromatic heterocycles. The molecule has 1 aliphatic rings. The third-order valence-electron chi connectivity index (χ3n) is 2.78. The Morgan fingerprint density at radius 2 is 2.41 bits per heavy atom. The van der Waals surface area contributed by atoms with Crippen molar-refractivity contribution < 1.29 is 14.5 Å². The Kier molecular flexibility index (Phi) is 5.37. The molecule has 118 valence electrons. The maximum atomic E-state index is 11.0. The number of nitrogens with zero attached hydrogens (tertiary/aromatic N) is 2. The largest absolute Gasteiger partial charge is 0.460 e. The summed E-state index contributed by atoms with van der Waals surface area (Å²) >= 11 is 5.71. The lowest BCUT2D eigenvalue weighted by Crippen LogP contribution is -2.36. The van der Waals surface area contributed by atoms with Crippen LogP contribution in [0, 0.1) is 10.1 Å². The van der Waals surface area contributed by atoms with E-state index < -0.39 is 4.92 Å². The second kappa shape index (κ2) is 7.46. The fourth-order valence-corrected chi connectivity index (χ4v) is 1.87. The van der Waals surface area contributed by atoms with Crippen LogP contribution < -0.4 is 16.2 Å². The van der Waals surface area contributed by atoms with E-state index in [1.165, 1.54) is 6.20 Å². The van der Waals surface area contributed by atoms with Gasteiger partial charge >= 0.3 is 5.97 Å². The molecule has 1 atom stereocenters. The molecular weight excluding hydrogens is 314 g/mol. The fourth-order valence-electron chi connectivity index (χ4n) is 1.76. The fraction of sp³-hybridized carbons (Fsp3) is 0.333. The van der Waals surface area contributed by atoms with E-state index >= 15 is 0 Å². The first-order valence-corrected chi connectivity index (χ1v) is 6.83. The average Bonchev–Trinajstić information content (AvgIpc) is 2.89. The highest BCUT2D eigenvalue weighted by molar-refractivity contribution is 6.30. The minimum absolute atomic E-state index is 0.115. The van der Waals surface area contributed by atoms with Crippen molar-refractivity contribution in [3.05, 3.63) is 45.5 Å². The summed E-state index contributed by atoms with van der Waals surface area (Å²) in [5, 5.41) is 13.9. The number of nitro groups is 1. The van der Waals surface area contributed by atoms with Crippen molar-refractivity contribution in [2.45, 2.75) is 18.9 Å². The maximum Gasteiger partial charge on any atom is 0.306 e. The first kappa shape index (κ1) is 15.8. The molecule has 1 fully saturated rings. The predicted molar refractivity (Wildman–Crippen MR) is 78.2 cm³/mol. The molecule has 3 N–H and O–H groups in total. The van der Waals surface area contributed by atoms with Gasteiger partial charge < -0.3 is 10.1 Å². The van der Waals surface area contributed by atoms with E-state index in [0.717, 1.165) is 6.20 Å². The molecule has 1 unspecified atom stereocenters. The van der Waals surface area contributed by atoms with Crippen molar-refractivity contribution in [1.82, 2.24) is 15.7 Å². The molecule has 1 aromatic rings. The van der Waals surface area contributed by atoms with Crippen molar-refractivity contribution in [3.63, 3.8) is 0 Å². The van der Waals surface area contributed by atoms with E-state index in [-0.39, 0.29) is 24.4 Å². The van der Waals surface area contributed by atoms with E-state index in [9.17, 15) is 14.9 Å². The Labute approximate surface area is 130 Å². The number of rotatable bonds is 7. The van der Waals surface area contributed by atoms with Crippen LogP contribution in [-0.4, -0.2) is 28.5 Å². The number of esters is 1. The number of cyclic esters (lactones) is 1. The van der Waals surface area contributed by atoms with Gasteiger partial charge in [-0.3, -0.25) is 25.8 Å². The number of hydrazine groups is 1. The molecule has 1 aliphatic heterocycles. The van der Waals surface area contributed by atoms with Crippen LogP contribution in [0.4, 0.5) is 5.82 Å². The zero-order valence-corrected chi connectivity index (χ0v) is 12.2. The molecular formula is C12H14ClN5O4. The van der Waals surface area contributed by atoms with Crippen LogP contribution in [-0.2, 0) is 9.53 Å². The molecule has 10 heteroatoms. The molecule has 22 heavy (non-hydrogen) atoms. The molecule has 1 saturated heterocycles. The van der Waals surface area contributed by atoms with Gasteiger partial charge in [0.15, 0.2) is 5.82 Å². The lowest BCUT2D eigenvalue weighted by molar-refractivity contribution is -0.404. The summed E-state index contributed by atoms with van der Waals surface area (Å²) in [6.45, 7) is 0.272. The number of aromatic nitrogens is 1. The number of halogens is 1. The van der Waals surface area contributed by atoms with Crippen LogP contribution in [0.2, 0.25) is 5.02 Å². The number of anilines is 1. The van der Waals surface area contributed by atoms with E-state index in [1.54, 1.807) is 12.1 Å². The molecule has 0 aliphatic carbocycles. The average molecular weight is 328 g/mol. The van der Waals surface area contributed by atoms with Crippen molar-refractivity contribution in [2.75, 3.05) is 12.0 Å². The SMILES string of the molecule is O=C1CCC(CN/C(=C/[N+](=O)[O-])NNc2ccc(Cl)cn2)O1. The van der Waals surface area contributed by atoms with Gasteiger partial charge in [0.2, 0.25) is 0 Å². The molecule has 9 nitrogen and oxygen atoms in total. The topological polar surface area (TPSA) is 118 Å². The van der Waals surface area contributed by atoms with Gasteiger partial charge in [-0.2, -0.15) is 0 Å². The van der Waals surface area contributed by atoms with Gasteiger partial charge in [-0.25, -0.2) is 4.98 Å². The Hall–Kier alpha value is -2.55. The first-order valence-electron chi connectivity index (χ1n) is 6.45. The number of ether oxygens (including phenoxy) is 1. The lowest BCUT2D eigenvalue weighted by atomic mass is 10.2. The molecule has 2 heterocycles. The zero-order valence-electron chi connectivity index (χ0n) is 11.4. The molecule has 0 spiro atoms. The standard InChI is InChI=1S/C12H14ClN5O4/c13-8-1-3-10(14-5-8)16-17-11(7-18(20)21)15-6-9-2-4-12(19)22-9/h1,3,5,7,9,15,17H,2,4,6H2,(H,14,16)/b11-7-. The Balaban J connectivity index is 1.87. The molecule has 0 amide bonds. The summed E-state index contributed by atoms with van der Waals surface area (Å²) in [5.74, 6) is 0.292. The summed E-state index contributed by atoms with van der Waals surface area (Å²) in [6.07, 6.45) is 2.86. The Morgan fingerprint density at radius 1 is 1.59 bits per heavy atom. The van der Waals surface area contributed by atoms with E-state index in [4.69, 9.17) is 16.3 Å². The number of hydrogen-bond acceptors (Lipinski definition) is 8. The number of carbonyl (C=O) groups excluding carboxylic acids is 1. The summed E-state index contributed by atoms with van der Waals surface area (Å²) in [4.78, 5) is 25.0. The molecule has 0 aromatic carbocycles. The van der Waals surface area contributed by atoms with Gasteiger partial charge in [0.25, 0.3) is 6.20 Å². The van der Waals surface area contributed by atoms with Crippen molar-refractivity contribution in [2.24, 2.45) is 0 Å². The highest BCUT2D eigenvalue weighted by atomic mass is 35.5. The number of pyridine rings is 1. The van der Waals surface area contributed by atoms with E-state index in [2.05, 4.69) is 21.2 Å². The van der Waals surface area contributed by atoms with Gasteiger partial charge in [0.05, 0.1) is 16.5 Å². The highest BCUT2D eigenvalue weighted by Crippen LogP contribution is 2.13. The van der Waals surface area contributed by atoms with Crippen LogP contribution in [0.3, 0.4) is 0 Å². The minimum Gasteiger partial charge on any atom is -0.460 e. The van der Waals surface area contributed by atoms with Gasteiger partial charge in [0, 0.05) is 12.6 Å². The first-order chi connectivity index (χ1) is 10.5. The van der Waals surface area contributed by atoms with Gasteiger partial charge in [-0.1, -0.05) is 11.6 Å². The number of carbonyl (C=O) groups is 1. The Morgan fingerprint density at radius 3 is 3.00 bits per heavy atom. The summed E-state index contributed by atoms with van der Waals surface area (Å²) in [6, 6.07) is 3.23. The second-order valence-electron chi connectivity index (χ2n) is 4.47. The van der Waals surface area contributed by atoms with Gasteiger partial charge in [-0.15, -0.1) is 0 Å². The second-order valence-corrected chi connectivity index (χ2v) is 4.91. The van der Waals surface area contributed by atoms with E-state index in [0.29, 0.717) is 23.7 Å². The monoisotopic (exact) mass is 327 g/mol. The normalized spacial score (nSPS) is 17.8. The van der Waals surface area contributed by atoms with Crippen molar-refractivity contribution in [3.8, 4) is 0 Å². The van der Waals surface area contributed by atoms with Crippen LogP contribution in [0.5, 0.6) is 0 Å². The smallest absolute Gasteiger partial charge is 0.306 e. The summed E-state index contributed by atoms with van der Waals surface area (Å²) in [7, 11) is 0.